The number of sulfone groups is 1. The highest BCUT2D eigenvalue weighted by atomic mass is 32.2. The van der Waals surface area contributed by atoms with Crippen molar-refractivity contribution in [1.82, 2.24) is 20.5 Å². The van der Waals surface area contributed by atoms with Gasteiger partial charge in [0.1, 0.15) is 0 Å². The van der Waals surface area contributed by atoms with Crippen LogP contribution < -0.4 is 10.6 Å². The first kappa shape index (κ1) is 24.3. The summed E-state index contributed by atoms with van der Waals surface area (Å²) in [4.78, 5) is 21.4. The second-order valence-corrected chi connectivity index (χ2v) is 12.2. The maximum absolute atomic E-state index is 12.8. The largest absolute Gasteiger partial charge is 0.374 e. The number of benzene rings is 1. The predicted octanol–water partition coefficient (Wildman–Crippen LogP) is 2.37. The quantitative estimate of drug-likeness (QED) is 0.583. The van der Waals surface area contributed by atoms with Crippen LogP contribution in [0.1, 0.15) is 52.7 Å². The Bertz CT molecular complexity index is 1080. The average Bonchev–Trinajstić information content (AvgIpc) is 3.36. The van der Waals surface area contributed by atoms with Gasteiger partial charge in [0.25, 0.3) is 5.91 Å². The van der Waals surface area contributed by atoms with Gasteiger partial charge in [-0.25, -0.2) is 13.4 Å². The van der Waals surface area contributed by atoms with Gasteiger partial charge in [-0.1, -0.05) is 32.9 Å². The SMILES string of the molecule is CCS(=O)(=O)c1ccc(CNC(=O)c2nc3c(s2)CN(CC2CNCCO2)[C@H]3C(C)C)cc1. The second kappa shape index (κ2) is 10.2. The van der Waals surface area contributed by atoms with E-state index in [1.54, 1.807) is 31.2 Å². The van der Waals surface area contributed by atoms with Gasteiger partial charge in [-0.15, -0.1) is 11.3 Å². The maximum Gasteiger partial charge on any atom is 0.280 e. The van der Waals surface area contributed by atoms with Gasteiger partial charge < -0.3 is 15.4 Å². The fourth-order valence-corrected chi connectivity index (χ4v) is 6.34. The van der Waals surface area contributed by atoms with Crippen LogP contribution in [0.4, 0.5) is 0 Å². The van der Waals surface area contributed by atoms with Crippen LogP contribution in [0.3, 0.4) is 0 Å². The molecule has 10 heteroatoms. The molecule has 1 saturated heterocycles. The first-order valence-corrected chi connectivity index (χ1v) is 13.9. The molecule has 0 aliphatic carbocycles. The number of nitrogens with one attached hydrogen (secondary N) is 2. The Labute approximate surface area is 199 Å². The summed E-state index contributed by atoms with van der Waals surface area (Å²) in [7, 11) is -3.23. The van der Waals surface area contributed by atoms with E-state index in [-0.39, 0.29) is 23.8 Å². The zero-order chi connectivity index (χ0) is 23.6. The number of nitrogens with zero attached hydrogens (tertiary/aromatic N) is 2. The molecule has 0 bridgehead atoms. The lowest BCUT2D eigenvalue weighted by Crippen LogP contribution is -2.45. The lowest BCUT2D eigenvalue weighted by molar-refractivity contribution is -0.00674. The summed E-state index contributed by atoms with van der Waals surface area (Å²) >= 11 is 1.46. The number of carbonyl (C=O) groups excluding carboxylic acids is 1. The van der Waals surface area contributed by atoms with Crippen LogP contribution in [-0.4, -0.2) is 62.3 Å². The van der Waals surface area contributed by atoms with Gasteiger partial charge in [0, 0.05) is 37.6 Å². The highest BCUT2D eigenvalue weighted by Gasteiger charge is 2.38. The Kier molecular flexibility index (Phi) is 7.49. The molecular weight excluding hydrogens is 460 g/mol. The van der Waals surface area contributed by atoms with Crippen LogP contribution in [0.5, 0.6) is 0 Å². The number of hydrogen-bond acceptors (Lipinski definition) is 8. The van der Waals surface area contributed by atoms with Crippen molar-refractivity contribution in [1.29, 1.82) is 0 Å². The molecule has 1 fully saturated rings. The number of ether oxygens (including phenoxy) is 1. The molecule has 2 atom stereocenters. The number of amides is 1. The Morgan fingerprint density at radius 1 is 1.33 bits per heavy atom. The van der Waals surface area contributed by atoms with E-state index in [4.69, 9.17) is 9.72 Å². The fraction of sp³-hybridized carbons (Fsp3) is 0.565. The van der Waals surface area contributed by atoms with Gasteiger partial charge in [-0.3, -0.25) is 9.69 Å². The highest BCUT2D eigenvalue weighted by Crippen LogP contribution is 2.41. The molecule has 33 heavy (non-hydrogen) atoms. The maximum atomic E-state index is 12.8. The predicted molar refractivity (Wildman–Crippen MR) is 128 cm³/mol. The van der Waals surface area contributed by atoms with Crippen molar-refractivity contribution in [2.24, 2.45) is 5.92 Å². The number of thiazole rings is 1. The third kappa shape index (κ3) is 5.46. The Hall–Kier alpha value is -1.85. The average molecular weight is 493 g/mol. The fourth-order valence-electron chi connectivity index (χ4n) is 4.41. The van der Waals surface area contributed by atoms with E-state index >= 15 is 0 Å². The third-order valence-corrected chi connectivity index (χ3v) is 8.94. The van der Waals surface area contributed by atoms with E-state index in [0.717, 1.165) is 48.9 Å². The van der Waals surface area contributed by atoms with Crippen LogP contribution >= 0.6 is 11.3 Å². The third-order valence-electron chi connectivity index (χ3n) is 6.13. The standard InChI is InChI=1S/C23H32N4O4S2/c1-4-33(29,30)18-7-5-16(6-8-18)11-25-22(28)23-26-20-19(32-23)14-27(21(20)15(2)3)13-17-12-24-9-10-31-17/h5-8,15,17,21,24H,4,9-14H2,1-3H3,(H,25,28)/t17?,21-/m0/s1. The molecule has 1 amide bonds. The molecule has 180 valence electrons. The van der Waals surface area contributed by atoms with Gasteiger partial charge in [-0.05, 0) is 23.6 Å². The minimum Gasteiger partial charge on any atom is -0.374 e. The van der Waals surface area contributed by atoms with E-state index in [9.17, 15) is 13.2 Å². The van der Waals surface area contributed by atoms with Crippen LogP contribution in [-0.2, 0) is 27.7 Å². The normalized spacial score (nSPS) is 21.3. The number of carbonyl (C=O) groups is 1. The number of rotatable bonds is 8. The van der Waals surface area contributed by atoms with E-state index in [0.29, 0.717) is 22.4 Å². The highest BCUT2D eigenvalue weighted by molar-refractivity contribution is 7.91. The number of aromatic nitrogens is 1. The van der Waals surface area contributed by atoms with E-state index in [1.165, 1.54) is 11.3 Å². The topological polar surface area (TPSA) is 101 Å². The molecule has 0 saturated carbocycles. The lowest BCUT2D eigenvalue weighted by Gasteiger charge is -2.32. The Morgan fingerprint density at radius 3 is 2.73 bits per heavy atom. The molecule has 0 radical (unpaired) electrons. The van der Waals surface area contributed by atoms with Crippen molar-refractivity contribution in [2.75, 3.05) is 32.0 Å². The van der Waals surface area contributed by atoms with Crippen LogP contribution in [0, 0.1) is 5.92 Å². The van der Waals surface area contributed by atoms with Crippen molar-refractivity contribution in [3.63, 3.8) is 0 Å². The van der Waals surface area contributed by atoms with Crippen LogP contribution in [0.25, 0.3) is 0 Å². The van der Waals surface area contributed by atoms with Crippen molar-refractivity contribution < 1.29 is 17.9 Å². The van der Waals surface area contributed by atoms with Crippen molar-refractivity contribution in [3.8, 4) is 0 Å². The zero-order valence-corrected chi connectivity index (χ0v) is 21.0. The smallest absolute Gasteiger partial charge is 0.280 e. The lowest BCUT2D eigenvalue weighted by atomic mass is 10.0. The summed E-state index contributed by atoms with van der Waals surface area (Å²) in [6, 6.07) is 6.83. The van der Waals surface area contributed by atoms with E-state index in [1.807, 2.05) is 0 Å². The number of morpholine rings is 1. The van der Waals surface area contributed by atoms with Gasteiger partial charge in [0.05, 0.1) is 35.1 Å². The molecule has 2 aliphatic rings. The molecule has 3 heterocycles. The summed E-state index contributed by atoms with van der Waals surface area (Å²) < 4.78 is 29.8. The van der Waals surface area contributed by atoms with Crippen LogP contribution in [0.2, 0.25) is 0 Å². The minimum atomic E-state index is -3.23. The van der Waals surface area contributed by atoms with Gasteiger partial charge in [0.15, 0.2) is 14.8 Å². The van der Waals surface area contributed by atoms with Gasteiger partial charge in [0.2, 0.25) is 0 Å². The zero-order valence-electron chi connectivity index (χ0n) is 19.3. The van der Waals surface area contributed by atoms with Crippen molar-refractivity contribution in [3.05, 3.63) is 45.4 Å². The summed E-state index contributed by atoms with van der Waals surface area (Å²) in [5.74, 6) is 0.240. The molecule has 0 spiro atoms. The first-order valence-electron chi connectivity index (χ1n) is 11.4. The first-order chi connectivity index (χ1) is 15.8. The second-order valence-electron chi connectivity index (χ2n) is 8.87. The molecule has 1 aromatic heterocycles. The van der Waals surface area contributed by atoms with Gasteiger partial charge >= 0.3 is 0 Å². The minimum absolute atomic E-state index is 0.0666. The van der Waals surface area contributed by atoms with Crippen molar-refractivity contribution >= 4 is 27.1 Å². The molecular formula is C23H32N4O4S2. The van der Waals surface area contributed by atoms with E-state index in [2.05, 4.69) is 29.4 Å². The van der Waals surface area contributed by atoms with E-state index < -0.39 is 9.84 Å². The van der Waals surface area contributed by atoms with Gasteiger partial charge in [-0.2, -0.15) is 0 Å². The summed E-state index contributed by atoms with van der Waals surface area (Å²) in [6.07, 6.45) is 0.176. The number of hydrogen-bond donors (Lipinski definition) is 2. The monoisotopic (exact) mass is 492 g/mol. The molecule has 1 aromatic carbocycles. The molecule has 8 nitrogen and oxygen atoms in total. The van der Waals surface area contributed by atoms with Crippen LogP contribution in [0.15, 0.2) is 29.2 Å². The Balaban J connectivity index is 1.39. The summed E-state index contributed by atoms with van der Waals surface area (Å²) in [6.45, 7) is 10.5. The molecule has 1 unspecified atom stereocenters. The van der Waals surface area contributed by atoms with Crippen molar-refractivity contribution in [2.45, 2.75) is 50.9 Å². The molecule has 2 aromatic rings. The molecule has 2 aliphatic heterocycles. The summed E-state index contributed by atoms with van der Waals surface area (Å²) in [5.41, 5.74) is 1.85. The Morgan fingerprint density at radius 2 is 2.09 bits per heavy atom. The molecule has 4 rings (SSSR count). The number of fused-ring (bicyclic) bond motifs is 1. The summed E-state index contributed by atoms with van der Waals surface area (Å²) in [5, 5.41) is 6.78. The molecule has 2 N–H and O–H groups in total.